The largest absolute Gasteiger partial charge is 0.394 e. The molecule has 78 valence electrons. The number of likely N-dealkylation sites (N-methyl/N-ethyl adjacent to an activating group) is 1. The van der Waals surface area contributed by atoms with Crippen molar-refractivity contribution in [1.29, 1.82) is 0 Å². The number of benzene rings is 1. The van der Waals surface area contributed by atoms with E-state index in [0.717, 1.165) is 10.7 Å². The highest BCUT2D eigenvalue weighted by Gasteiger charge is 2.22. The SMILES string of the molecule is CN(c1ccc(Cl)cc1)C(C)(C)CO. The van der Waals surface area contributed by atoms with E-state index in [1.165, 1.54) is 0 Å². The van der Waals surface area contributed by atoms with Gasteiger partial charge in [0.25, 0.3) is 0 Å². The minimum absolute atomic E-state index is 0.117. The highest BCUT2D eigenvalue weighted by atomic mass is 35.5. The van der Waals surface area contributed by atoms with Crippen molar-refractivity contribution in [2.75, 3.05) is 18.6 Å². The lowest BCUT2D eigenvalue weighted by Crippen LogP contribution is -2.44. The molecule has 0 saturated heterocycles. The highest BCUT2D eigenvalue weighted by Crippen LogP contribution is 2.23. The summed E-state index contributed by atoms with van der Waals surface area (Å²) in [7, 11) is 1.96. The Labute approximate surface area is 90.1 Å². The summed E-state index contributed by atoms with van der Waals surface area (Å²) in [6.07, 6.45) is 0. The molecule has 0 atom stereocenters. The molecule has 0 heterocycles. The minimum Gasteiger partial charge on any atom is -0.394 e. The van der Waals surface area contributed by atoms with Gasteiger partial charge in [-0.05, 0) is 38.1 Å². The molecule has 0 aliphatic rings. The Morgan fingerprint density at radius 3 is 2.21 bits per heavy atom. The molecular formula is C11H16ClNO. The zero-order chi connectivity index (χ0) is 10.8. The molecule has 1 aromatic carbocycles. The molecule has 0 unspecified atom stereocenters. The lowest BCUT2D eigenvalue weighted by atomic mass is 10.0. The molecule has 1 rings (SSSR count). The third-order valence-electron chi connectivity index (χ3n) is 2.51. The number of rotatable bonds is 3. The maximum absolute atomic E-state index is 9.21. The maximum Gasteiger partial charge on any atom is 0.0658 e. The molecule has 0 bridgehead atoms. The van der Waals surface area contributed by atoms with Crippen molar-refractivity contribution in [3.05, 3.63) is 29.3 Å². The second-order valence-corrected chi connectivity index (χ2v) is 4.44. The first-order valence-corrected chi connectivity index (χ1v) is 4.95. The fraction of sp³-hybridized carbons (Fsp3) is 0.455. The average molecular weight is 214 g/mol. The van der Waals surface area contributed by atoms with Gasteiger partial charge in [0, 0.05) is 17.8 Å². The monoisotopic (exact) mass is 213 g/mol. The Morgan fingerprint density at radius 1 is 1.29 bits per heavy atom. The van der Waals surface area contributed by atoms with Crippen LogP contribution in [0.1, 0.15) is 13.8 Å². The molecule has 0 fully saturated rings. The summed E-state index contributed by atoms with van der Waals surface area (Å²) in [6.45, 7) is 4.09. The summed E-state index contributed by atoms with van der Waals surface area (Å²) >= 11 is 5.80. The average Bonchev–Trinajstić information content (AvgIpc) is 2.18. The van der Waals surface area contributed by atoms with Crippen LogP contribution in [0, 0.1) is 0 Å². The minimum atomic E-state index is -0.256. The normalized spacial score (nSPS) is 11.5. The van der Waals surface area contributed by atoms with Crippen LogP contribution in [0.5, 0.6) is 0 Å². The molecule has 0 saturated carbocycles. The van der Waals surface area contributed by atoms with E-state index in [2.05, 4.69) is 0 Å². The summed E-state index contributed by atoms with van der Waals surface area (Å²) in [6, 6.07) is 7.58. The molecule has 0 aromatic heterocycles. The molecule has 1 aromatic rings. The predicted molar refractivity (Wildman–Crippen MR) is 61.0 cm³/mol. The standard InChI is InChI=1S/C11H16ClNO/c1-11(2,8-14)13(3)10-6-4-9(12)5-7-10/h4-7,14H,8H2,1-3H3. The van der Waals surface area contributed by atoms with E-state index in [0.29, 0.717) is 0 Å². The molecule has 14 heavy (non-hydrogen) atoms. The third-order valence-corrected chi connectivity index (χ3v) is 2.76. The lowest BCUT2D eigenvalue weighted by Gasteiger charge is -2.35. The van der Waals surface area contributed by atoms with E-state index in [4.69, 9.17) is 11.6 Å². The fourth-order valence-electron chi connectivity index (χ4n) is 1.12. The smallest absolute Gasteiger partial charge is 0.0658 e. The lowest BCUT2D eigenvalue weighted by molar-refractivity contribution is 0.216. The van der Waals surface area contributed by atoms with Crippen molar-refractivity contribution in [2.45, 2.75) is 19.4 Å². The first-order chi connectivity index (χ1) is 6.47. The van der Waals surface area contributed by atoms with Crippen molar-refractivity contribution < 1.29 is 5.11 Å². The maximum atomic E-state index is 9.21. The van der Waals surface area contributed by atoms with Crippen LogP contribution in [0.25, 0.3) is 0 Å². The molecule has 1 N–H and O–H groups in total. The van der Waals surface area contributed by atoms with Crippen LogP contribution >= 0.6 is 11.6 Å². The van der Waals surface area contributed by atoms with E-state index < -0.39 is 0 Å². The van der Waals surface area contributed by atoms with Crippen molar-refractivity contribution in [1.82, 2.24) is 0 Å². The number of halogens is 1. The number of anilines is 1. The first-order valence-electron chi connectivity index (χ1n) is 4.57. The summed E-state index contributed by atoms with van der Waals surface area (Å²) in [4.78, 5) is 2.03. The van der Waals surface area contributed by atoms with Gasteiger partial charge in [-0.2, -0.15) is 0 Å². The van der Waals surface area contributed by atoms with Crippen molar-refractivity contribution in [2.24, 2.45) is 0 Å². The molecule has 0 amide bonds. The van der Waals surface area contributed by atoms with E-state index in [9.17, 15) is 5.11 Å². The number of hydrogen-bond acceptors (Lipinski definition) is 2. The molecule has 0 aliphatic carbocycles. The molecule has 3 heteroatoms. The van der Waals surface area contributed by atoms with Crippen LogP contribution in [-0.2, 0) is 0 Å². The summed E-state index contributed by atoms with van der Waals surface area (Å²) in [5.74, 6) is 0. The van der Waals surface area contributed by atoms with E-state index >= 15 is 0 Å². The van der Waals surface area contributed by atoms with E-state index in [1.54, 1.807) is 0 Å². The molecule has 2 nitrogen and oxygen atoms in total. The van der Waals surface area contributed by atoms with Crippen LogP contribution in [0.2, 0.25) is 5.02 Å². The van der Waals surface area contributed by atoms with Crippen LogP contribution < -0.4 is 4.90 Å². The Morgan fingerprint density at radius 2 is 1.79 bits per heavy atom. The number of hydrogen-bond donors (Lipinski definition) is 1. The number of aliphatic hydroxyl groups excluding tert-OH is 1. The zero-order valence-electron chi connectivity index (χ0n) is 8.79. The van der Waals surface area contributed by atoms with Crippen LogP contribution in [0.15, 0.2) is 24.3 Å². The van der Waals surface area contributed by atoms with Gasteiger partial charge in [-0.1, -0.05) is 11.6 Å². The Bertz CT molecular complexity index is 295. The number of aliphatic hydroxyl groups is 1. The molecule has 0 aliphatic heterocycles. The van der Waals surface area contributed by atoms with Gasteiger partial charge in [0.2, 0.25) is 0 Å². The number of nitrogens with zero attached hydrogens (tertiary/aromatic N) is 1. The van der Waals surface area contributed by atoms with Gasteiger partial charge in [-0.25, -0.2) is 0 Å². The van der Waals surface area contributed by atoms with Gasteiger partial charge in [0.05, 0.1) is 12.1 Å². The van der Waals surface area contributed by atoms with E-state index in [1.807, 2.05) is 50.1 Å². The van der Waals surface area contributed by atoms with Crippen LogP contribution in [0.3, 0.4) is 0 Å². The van der Waals surface area contributed by atoms with Gasteiger partial charge in [-0.15, -0.1) is 0 Å². The second-order valence-electron chi connectivity index (χ2n) is 4.01. The molecular weight excluding hydrogens is 198 g/mol. The Balaban J connectivity index is 2.89. The van der Waals surface area contributed by atoms with Crippen molar-refractivity contribution in [3.63, 3.8) is 0 Å². The third kappa shape index (κ3) is 2.40. The van der Waals surface area contributed by atoms with Gasteiger partial charge >= 0.3 is 0 Å². The van der Waals surface area contributed by atoms with Gasteiger partial charge < -0.3 is 10.0 Å². The fourth-order valence-corrected chi connectivity index (χ4v) is 1.25. The summed E-state index contributed by atoms with van der Waals surface area (Å²) < 4.78 is 0. The predicted octanol–water partition coefficient (Wildman–Crippen LogP) is 2.55. The second kappa shape index (κ2) is 4.20. The summed E-state index contributed by atoms with van der Waals surface area (Å²) in [5.41, 5.74) is 0.793. The first kappa shape index (κ1) is 11.3. The van der Waals surface area contributed by atoms with Gasteiger partial charge in [-0.3, -0.25) is 0 Å². The summed E-state index contributed by atoms with van der Waals surface area (Å²) in [5, 5.41) is 9.94. The quantitative estimate of drug-likeness (QED) is 0.834. The topological polar surface area (TPSA) is 23.5 Å². The highest BCUT2D eigenvalue weighted by molar-refractivity contribution is 6.30. The van der Waals surface area contributed by atoms with Crippen LogP contribution in [0.4, 0.5) is 5.69 Å². The van der Waals surface area contributed by atoms with Crippen molar-refractivity contribution >= 4 is 17.3 Å². The Hall–Kier alpha value is -0.730. The van der Waals surface area contributed by atoms with Crippen LogP contribution in [-0.4, -0.2) is 24.3 Å². The zero-order valence-corrected chi connectivity index (χ0v) is 9.54. The molecule has 0 radical (unpaired) electrons. The van der Waals surface area contributed by atoms with Crippen molar-refractivity contribution in [3.8, 4) is 0 Å². The Kier molecular flexibility index (Phi) is 3.40. The van der Waals surface area contributed by atoms with Gasteiger partial charge in [0.1, 0.15) is 0 Å². The van der Waals surface area contributed by atoms with E-state index in [-0.39, 0.29) is 12.1 Å². The van der Waals surface area contributed by atoms with Gasteiger partial charge in [0.15, 0.2) is 0 Å². The molecule has 0 spiro atoms.